The van der Waals surface area contributed by atoms with Crippen LogP contribution in [0.15, 0.2) is 36.7 Å². The smallest absolute Gasteiger partial charge is 0.0973 e. The van der Waals surface area contributed by atoms with Crippen molar-refractivity contribution in [2.24, 2.45) is 5.41 Å². The van der Waals surface area contributed by atoms with Crippen molar-refractivity contribution >= 4 is 0 Å². The summed E-state index contributed by atoms with van der Waals surface area (Å²) >= 11 is 0. The molecule has 1 aromatic heterocycles. The van der Waals surface area contributed by atoms with E-state index < -0.39 is 6.10 Å². The summed E-state index contributed by atoms with van der Waals surface area (Å²) in [4.78, 5) is 3.90. The van der Waals surface area contributed by atoms with Crippen LogP contribution in [0.4, 0.5) is 0 Å². The molecule has 1 heterocycles. The predicted octanol–water partition coefficient (Wildman–Crippen LogP) is 2.72. The van der Waals surface area contributed by atoms with Gasteiger partial charge in [0.2, 0.25) is 0 Å². The highest BCUT2D eigenvalue weighted by atomic mass is 16.3. The van der Waals surface area contributed by atoms with Crippen molar-refractivity contribution in [2.75, 3.05) is 0 Å². The topological polar surface area (TPSA) is 33.1 Å². The summed E-state index contributed by atoms with van der Waals surface area (Å²) in [7, 11) is 0. The van der Waals surface area contributed by atoms with Crippen LogP contribution in [0.2, 0.25) is 0 Å². The minimum Gasteiger partial charge on any atom is -0.384 e. The van der Waals surface area contributed by atoms with Crippen LogP contribution < -0.4 is 0 Å². The Hall–Kier alpha value is -1.15. The third kappa shape index (κ3) is 3.71. The number of nitrogens with zero attached hydrogens (tertiary/aromatic N) is 1. The number of aliphatic hydroxyl groups is 1. The lowest BCUT2D eigenvalue weighted by atomic mass is 9.95. The Morgan fingerprint density at radius 2 is 1.86 bits per heavy atom. The first kappa shape index (κ1) is 10.9. The Morgan fingerprint density at radius 1 is 1.29 bits per heavy atom. The molecule has 0 aliphatic heterocycles. The van der Waals surface area contributed by atoms with Crippen molar-refractivity contribution in [1.29, 1.82) is 0 Å². The molecule has 0 aliphatic carbocycles. The van der Waals surface area contributed by atoms with E-state index in [4.69, 9.17) is 0 Å². The molecule has 0 aromatic carbocycles. The van der Waals surface area contributed by atoms with E-state index >= 15 is 0 Å². The second-order valence-corrected chi connectivity index (χ2v) is 4.45. The summed E-state index contributed by atoms with van der Waals surface area (Å²) in [6, 6.07) is 3.63. The van der Waals surface area contributed by atoms with E-state index in [1.807, 2.05) is 24.3 Å². The Bertz CT molecular complexity index is 298. The normalized spacial score (nSPS) is 14.6. The number of rotatable bonds is 2. The highest BCUT2D eigenvalue weighted by molar-refractivity contribution is 5.18. The summed E-state index contributed by atoms with van der Waals surface area (Å²) < 4.78 is 0. The maximum absolute atomic E-state index is 9.77. The lowest BCUT2D eigenvalue weighted by molar-refractivity contribution is 0.227. The van der Waals surface area contributed by atoms with Crippen LogP contribution >= 0.6 is 0 Å². The fourth-order valence-corrected chi connectivity index (χ4v) is 1.05. The summed E-state index contributed by atoms with van der Waals surface area (Å²) in [5.74, 6) is 0. The molecule has 1 atom stereocenters. The minimum atomic E-state index is -0.530. The van der Waals surface area contributed by atoms with Crippen LogP contribution in [0, 0.1) is 5.41 Å². The summed E-state index contributed by atoms with van der Waals surface area (Å²) in [5.41, 5.74) is 0.981. The van der Waals surface area contributed by atoms with Gasteiger partial charge in [0.05, 0.1) is 6.10 Å². The lowest BCUT2D eigenvalue weighted by Crippen LogP contribution is -2.01. The van der Waals surface area contributed by atoms with Gasteiger partial charge in [-0.15, -0.1) is 0 Å². The molecule has 0 amide bonds. The van der Waals surface area contributed by atoms with Gasteiger partial charge in [0.25, 0.3) is 0 Å². The third-order valence-electron chi connectivity index (χ3n) is 1.83. The van der Waals surface area contributed by atoms with Crippen LogP contribution in [0.25, 0.3) is 0 Å². The molecule has 0 spiro atoms. The van der Waals surface area contributed by atoms with Crippen LogP contribution in [0.1, 0.15) is 32.4 Å². The Balaban J connectivity index is 2.69. The largest absolute Gasteiger partial charge is 0.384 e. The predicted molar refractivity (Wildman–Crippen MR) is 57.8 cm³/mol. The molecule has 0 saturated heterocycles. The van der Waals surface area contributed by atoms with Gasteiger partial charge in [-0.2, -0.15) is 0 Å². The van der Waals surface area contributed by atoms with Crippen molar-refractivity contribution in [2.45, 2.75) is 26.9 Å². The zero-order valence-corrected chi connectivity index (χ0v) is 8.94. The molecule has 1 unspecified atom stereocenters. The highest BCUT2D eigenvalue weighted by Gasteiger charge is 2.07. The van der Waals surface area contributed by atoms with E-state index in [0.717, 1.165) is 5.56 Å². The Morgan fingerprint density at radius 3 is 2.36 bits per heavy atom. The van der Waals surface area contributed by atoms with Crippen molar-refractivity contribution in [1.82, 2.24) is 4.98 Å². The van der Waals surface area contributed by atoms with Crippen LogP contribution in [0.5, 0.6) is 0 Å². The first-order valence-corrected chi connectivity index (χ1v) is 4.76. The van der Waals surface area contributed by atoms with E-state index in [1.54, 1.807) is 12.4 Å². The van der Waals surface area contributed by atoms with Gasteiger partial charge in [0, 0.05) is 12.4 Å². The summed E-state index contributed by atoms with van der Waals surface area (Å²) in [6.45, 7) is 6.30. The van der Waals surface area contributed by atoms with Gasteiger partial charge < -0.3 is 5.11 Å². The molecule has 2 heteroatoms. The van der Waals surface area contributed by atoms with Crippen LogP contribution in [-0.2, 0) is 0 Å². The molecule has 0 fully saturated rings. The Kier molecular flexibility index (Phi) is 3.42. The van der Waals surface area contributed by atoms with Crippen molar-refractivity contribution in [3.05, 3.63) is 42.2 Å². The molecular weight excluding hydrogens is 174 g/mol. The minimum absolute atomic E-state index is 0.105. The zero-order valence-electron chi connectivity index (χ0n) is 8.94. The first-order valence-electron chi connectivity index (χ1n) is 4.76. The Labute approximate surface area is 85.3 Å². The number of hydrogen-bond acceptors (Lipinski definition) is 2. The lowest BCUT2D eigenvalue weighted by Gasteiger charge is -2.13. The van der Waals surface area contributed by atoms with E-state index in [9.17, 15) is 5.11 Å². The fourth-order valence-electron chi connectivity index (χ4n) is 1.05. The van der Waals surface area contributed by atoms with Gasteiger partial charge in [-0.25, -0.2) is 0 Å². The average Bonchev–Trinajstić information content (AvgIpc) is 2.14. The summed E-state index contributed by atoms with van der Waals surface area (Å²) in [6.07, 6.45) is 6.66. The molecule has 0 bridgehead atoms. The van der Waals surface area contributed by atoms with E-state index in [0.29, 0.717) is 0 Å². The number of aromatic nitrogens is 1. The van der Waals surface area contributed by atoms with Crippen molar-refractivity contribution < 1.29 is 5.11 Å². The van der Waals surface area contributed by atoms with E-state index in [2.05, 4.69) is 25.8 Å². The molecule has 76 valence electrons. The maximum Gasteiger partial charge on any atom is 0.0973 e. The zero-order chi connectivity index (χ0) is 10.6. The van der Waals surface area contributed by atoms with Crippen LogP contribution in [0.3, 0.4) is 0 Å². The fraction of sp³-hybridized carbons (Fsp3) is 0.417. The van der Waals surface area contributed by atoms with Gasteiger partial charge in [0.15, 0.2) is 0 Å². The highest BCUT2D eigenvalue weighted by Crippen LogP contribution is 2.19. The number of hydrogen-bond donors (Lipinski definition) is 1. The molecule has 0 radical (unpaired) electrons. The second kappa shape index (κ2) is 4.38. The number of allylic oxidation sites excluding steroid dienone is 1. The van der Waals surface area contributed by atoms with E-state index in [1.165, 1.54) is 0 Å². The van der Waals surface area contributed by atoms with Gasteiger partial charge in [-0.05, 0) is 23.1 Å². The SMILES string of the molecule is CC(C)(C)/C=C/C(O)c1ccncc1. The van der Waals surface area contributed by atoms with Gasteiger partial charge in [-0.1, -0.05) is 32.9 Å². The molecule has 1 rings (SSSR count). The number of aliphatic hydroxyl groups excluding tert-OH is 1. The monoisotopic (exact) mass is 191 g/mol. The average molecular weight is 191 g/mol. The molecule has 0 saturated carbocycles. The van der Waals surface area contributed by atoms with Crippen molar-refractivity contribution in [3.8, 4) is 0 Å². The molecule has 1 aromatic rings. The molecule has 2 nitrogen and oxygen atoms in total. The standard InChI is InChI=1S/C12H17NO/c1-12(2,3)7-4-11(14)10-5-8-13-9-6-10/h4-9,11,14H,1-3H3/b7-4+. The van der Waals surface area contributed by atoms with Gasteiger partial charge in [-0.3, -0.25) is 4.98 Å². The van der Waals surface area contributed by atoms with E-state index in [-0.39, 0.29) is 5.41 Å². The second-order valence-electron chi connectivity index (χ2n) is 4.45. The third-order valence-corrected chi connectivity index (χ3v) is 1.83. The van der Waals surface area contributed by atoms with Gasteiger partial charge in [0.1, 0.15) is 0 Å². The van der Waals surface area contributed by atoms with Crippen molar-refractivity contribution in [3.63, 3.8) is 0 Å². The quantitative estimate of drug-likeness (QED) is 0.729. The molecule has 1 N–H and O–H groups in total. The summed E-state index contributed by atoms with van der Waals surface area (Å²) in [5, 5.41) is 9.77. The molecule has 14 heavy (non-hydrogen) atoms. The molecule has 0 aliphatic rings. The maximum atomic E-state index is 9.77. The molecular formula is C12H17NO. The van der Waals surface area contributed by atoms with Gasteiger partial charge >= 0.3 is 0 Å². The number of pyridine rings is 1. The van der Waals surface area contributed by atoms with Crippen LogP contribution in [-0.4, -0.2) is 10.1 Å². The first-order chi connectivity index (χ1) is 6.49.